The predicted octanol–water partition coefficient (Wildman–Crippen LogP) is 3.69. The largest absolute Gasteiger partial charge is 0.489 e. The van der Waals surface area contributed by atoms with E-state index in [1.54, 1.807) is 41.0 Å². The van der Waals surface area contributed by atoms with E-state index in [4.69, 9.17) is 14.9 Å². The van der Waals surface area contributed by atoms with E-state index in [2.05, 4.69) is 10.3 Å². The van der Waals surface area contributed by atoms with Crippen molar-refractivity contribution in [3.05, 3.63) is 53.7 Å². The first-order chi connectivity index (χ1) is 18.3. The summed E-state index contributed by atoms with van der Waals surface area (Å²) >= 11 is 0. The normalized spacial score (nSPS) is 19.8. The first kappa shape index (κ1) is 25.5. The summed E-state index contributed by atoms with van der Waals surface area (Å²) in [5, 5.41) is 3.24. The smallest absolute Gasteiger partial charge is 0.321 e. The molecule has 200 valence electrons. The van der Waals surface area contributed by atoms with Crippen molar-refractivity contribution in [2.45, 2.75) is 38.7 Å². The van der Waals surface area contributed by atoms with Crippen LogP contribution in [0.1, 0.15) is 41.9 Å². The van der Waals surface area contributed by atoms with Crippen molar-refractivity contribution >= 4 is 34.6 Å². The van der Waals surface area contributed by atoms with Crippen LogP contribution in [0.15, 0.2) is 40.8 Å². The summed E-state index contributed by atoms with van der Waals surface area (Å²) in [6.45, 7) is 3.58. The van der Waals surface area contributed by atoms with E-state index in [0.29, 0.717) is 49.3 Å². The summed E-state index contributed by atoms with van der Waals surface area (Å²) in [5.74, 6) is -1.11. The van der Waals surface area contributed by atoms with Gasteiger partial charge >= 0.3 is 6.03 Å². The molecule has 4 heterocycles. The van der Waals surface area contributed by atoms with Crippen LogP contribution in [-0.4, -0.2) is 64.9 Å². The summed E-state index contributed by atoms with van der Waals surface area (Å²) in [4.78, 5) is 46.2. The highest BCUT2D eigenvalue weighted by Gasteiger charge is 2.34. The van der Waals surface area contributed by atoms with Crippen molar-refractivity contribution in [1.29, 1.82) is 0 Å². The molecule has 2 fully saturated rings. The number of pyridine rings is 1. The molecule has 5 rings (SSSR count). The molecule has 2 aliphatic heterocycles. The first-order valence-electron chi connectivity index (χ1n) is 12.8. The van der Waals surface area contributed by atoms with Crippen molar-refractivity contribution in [3.63, 3.8) is 0 Å². The van der Waals surface area contributed by atoms with Gasteiger partial charge in [0.25, 0.3) is 5.91 Å². The number of piperidine rings is 2. The Morgan fingerprint density at radius 2 is 1.79 bits per heavy atom. The monoisotopic (exact) mass is 523 g/mol. The number of furan rings is 1. The molecule has 1 aromatic carbocycles. The number of aromatic nitrogens is 1. The van der Waals surface area contributed by atoms with Crippen LogP contribution in [0.3, 0.4) is 0 Å². The summed E-state index contributed by atoms with van der Waals surface area (Å²) in [7, 11) is 0. The number of amides is 4. The molecule has 3 aromatic rings. The Bertz CT molecular complexity index is 1360. The number of urea groups is 1. The number of benzene rings is 1. The maximum atomic E-state index is 13.4. The van der Waals surface area contributed by atoms with Gasteiger partial charge in [-0.2, -0.15) is 0 Å². The molecule has 0 aliphatic carbocycles. The second-order valence-electron chi connectivity index (χ2n) is 9.81. The van der Waals surface area contributed by atoms with E-state index >= 15 is 0 Å². The lowest BCUT2D eigenvalue weighted by molar-refractivity contribution is -0.139. The molecular formula is C27H30FN5O5. The van der Waals surface area contributed by atoms with Gasteiger partial charge in [-0.05, 0) is 69.0 Å². The highest BCUT2D eigenvalue weighted by molar-refractivity contribution is 6.09. The molecule has 11 heteroatoms. The average molecular weight is 524 g/mol. The van der Waals surface area contributed by atoms with Crippen LogP contribution >= 0.6 is 0 Å². The minimum Gasteiger partial charge on any atom is -0.489 e. The van der Waals surface area contributed by atoms with E-state index in [1.807, 2.05) is 0 Å². The molecule has 0 saturated carbocycles. The highest BCUT2D eigenvalue weighted by Crippen LogP contribution is 2.31. The zero-order valence-electron chi connectivity index (χ0n) is 21.1. The summed E-state index contributed by atoms with van der Waals surface area (Å²) in [5.41, 5.74) is 6.56. The Labute approximate surface area is 218 Å². The van der Waals surface area contributed by atoms with Crippen molar-refractivity contribution < 1.29 is 27.9 Å². The molecule has 4 amide bonds. The van der Waals surface area contributed by atoms with Gasteiger partial charge in [-0.1, -0.05) is 0 Å². The average Bonchev–Trinajstić information content (AvgIpc) is 3.27. The van der Waals surface area contributed by atoms with Gasteiger partial charge < -0.3 is 30.0 Å². The number of likely N-dealkylation sites (tertiary alicyclic amines) is 2. The lowest BCUT2D eigenvalue weighted by atomic mass is 9.95. The number of primary amides is 1. The van der Waals surface area contributed by atoms with Crippen LogP contribution < -0.4 is 15.8 Å². The second-order valence-corrected chi connectivity index (χ2v) is 9.81. The molecule has 0 bridgehead atoms. The number of halogens is 1. The molecule has 10 nitrogen and oxygen atoms in total. The number of nitrogens with two attached hydrogens (primary N) is 1. The number of carbonyl (C=O) groups is 3. The van der Waals surface area contributed by atoms with Crippen LogP contribution in [0.25, 0.3) is 11.1 Å². The van der Waals surface area contributed by atoms with Crippen molar-refractivity contribution in [2.24, 2.45) is 11.7 Å². The van der Waals surface area contributed by atoms with Crippen molar-refractivity contribution in [1.82, 2.24) is 14.8 Å². The number of hydrogen-bond acceptors (Lipinski definition) is 6. The van der Waals surface area contributed by atoms with Gasteiger partial charge in [-0.3, -0.25) is 9.59 Å². The van der Waals surface area contributed by atoms with Crippen LogP contribution in [0.5, 0.6) is 5.75 Å². The van der Waals surface area contributed by atoms with E-state index in [0.717, 1.165) is 12.8 Å². The van der Waals surface area contributed by atoms with E-state index in [-0.39, 0.29) is 47.5 Å². The van der Waals surface area contributed by atoms with Crippen LogP contribution in [0.4, 0.5) is 14.9 Å². The molecule has 2 atom stereocenters. The zero-order chi connectivity index (χ0) is 26.8. The lowest BCUT2D eigenvalue weighted by Gasteiger charge is -2.38. The van der Waals surface area contributed by atoms with Crippen LogP contribution in [-0.2, 0) is 4.79 Å². The Morgan fingerprint density at radius 3 is 2.55 bits per heavy atom. The topological polar surface area (TPSA) is 131 Å². The van der Waals surface area contributed by atoms with Crippen molar-refractivity contribution in [2.75, 3.05) is 31.5 Å². The maximum absolute atomic E-state index is 13.4. The second kappa shape index (κ2) is 10.7. The Morgan fingerprint density at radius 1 is 1.05 bits per heavy atom. The minimum atomic E-state index is -0.815. The quantitative estimate of drug-likeness (QED) is 0.525. The van der Waals surface area contributed by atoms with E-state index in [9.17, 15) is 18.8 Å². The summed E-state index contributed by atoms with van der Waals surface area (Å²) < 4.78 is 24.7. The van der Waals surface area contributed by atoms with E-state index in [1.165, 1.54) is 12.1 Å². The number of rotatable bonds is 5. The molecular weight excluding hydrogens is 493 g/mol. The Kier molecular flexibility index (Phi) is 7.17. The molecule has 3 N–H and O–H groups in total. The standard InChI is InChI=1S/C27H30FN5O5/c1-16-6-11-21-22(23(24(29)34)38-25(21)30-16)31-27(36)33-13-2-4-17(14-33)26(35)32-12-3-5-20(15-32)37-19-9-7-18(28)8-10-19/h6-11,17,20H,2-5,12-15H2,1H3,(H2,29,34)(H,31,36)/t17-,20?/m1/s1. The number of carbonyl (C=O) groups excluding carboxylic acids is 3. The maximum Gasteiger partial charge on any atom is 0.321 e. The lowest BCUT2D eigenvalue weighted by Crippen LogP contribution is -2.51. The van der Waals surface area contributed by atoms with Gasteiger partial charge in [0.15, 0.2) is 0 Å². The summed E-state index contributed by atoms with van der Waals surface area (Å²) in [6, 6.07) is 8.88. The van der Waals surface area contributed by atoms with Gasteiger partial charge in [0.05, 0.1) is 17.8 Å². The van der Waals surface area contributed by atoms with Gasteiger partial charge in [-0.25, -0.2) is 14.2 Å². The van der Waals surface area contributed by atoms with Gasteiger partial charge in [0.2, 0.25) is 17.4 Å². The molecule has 0 spiro atoms. The highest BCUT2D eigenvalue weighted by atomic mass is 19.1. The number of ether oxygens (including phenoxy) is 1. The Hall–Kier alpha value is -4.15. The fraction of sp³-hybridized carbons (Fsp3) is 0.407. The Balaban J connectivity index is 1.24. The van der Waals surface area contributed by atoms with Crippen LogP contribution in [0.2, 0.25) is 0 Å². The number of hydrogen-bond donors (Lipinski definition) is 2. The SMILES string of the molecule is Cc1ccc2c(NC(=O)N3CCC[C@@H](C(=O)N4CCCC(Oc5ccc(F)cc5)C4)C3)c(C(N)=O)oc2n1. The number of nitrogens with zero attached hydrogens (tertiary/aromatic N) is 3. The molecule has 38 heavy (non-hydrogen) atoms. The predicted molar refractivity (Wildman–Crippen MR) is 137 cm³/mol. The zero-order valence-corrected chi connectivity index (χ0v) is 21.1. The number of anilines is 1. The summed E-state index contributed by atoms with van der Waals surface area (Å²) in [6.07, 6.45) is 2.76. The molecule has 2 saturated heterocycles. The first-order valence-corrected chi connectivity index (χ1v) is 12.8. The van der Waals surface area contributed by atoms with Crippen molar-refractivity contribution in [3.8, 4) is 5.75 Å². The minimum absolute atomic E-state index is 0.0128. The number of fused-ring (bicyclic) bond motifs is 1. The van der Waals surface area contributed by atoms with E-state index < -0.39 is 11.9 Å². The van der Waals surface area contributed by atoms with Crippen LogP contribution in [0, 0.1) is 18.7 Å². The molecule has 2 aromatic heterocycles. The molecule has 1 unspecified atom stereocenters. The third-order valence-electron chi connectivity index (χ3n) is 7.01. The third-order valence-corrected chi connectivity index (χ3v) is 7.01. The fourth-order valence-electron chi connectivity index (χ4n) is 5.12. The van der Waals surface area contributed by atoms with Gasteiger partial charge in [0.1, 0.15) is 23.4 Å². The number of nitrogens with one attached hydrogen (secondary N) is 1. The fourth-order valence-corrected chi connectivity index (χ4v) is 5.12. The molecule has 0 radical (unpaired) electrons. The molecule has 2 aliphatic rings. The van der Waals surface area contributed by atoms with Gasteiger partial charge in [0, 0.05) is 25.3 Å². The van der Waals surface area contributed by atoms with Gasteiger partial charge in [-0.15, -0.1) is 0 Å². The third kappa shape index (κ3) is 5.41. The number of aryl methyl sites for hydroxylation is 1.